The molecule has 60 heavy (non-hydrogen) atoms. The van der Waals surface area contributed by atoms with Gasteiger partial charge < -0.3 is 61.1 Å². The van der Waals surface area contributed by atoms with Crippen LogP contribution in [0.4, 0.5) is 5.82 Å². The first-order valence-corrected chi connectivity index (χ1v) is 22.7. The van der Waals surface area contributed by atoms with Gasteiger partial charge in [0, 0.05) is 43.0 Å². The molecule has 0 radical (unpaired) electrons. The van der Waals surface area contributed by atoms with E-state index >= 15 is 0 Å². The number of rotatable bonds is 25. The second kappa shape index (κ2) is 21.5. The van der Waals surface area contributed by atoms with Crippen LogP contribution in [0.1, 0.15) is 45.8 Å². The van der Waals surface area contributed by atoms with Gasteiger partial charge in [-0.1, -0.05) is 25.6 Å². The van der Waals surface area contributed by atoms with Crippen molar-refractivity contribution in [3.8, 4) is 0 Å². The fourth-order valence-electron chi connectivity index (χ4n) is 5.21. The highest BCUT2D eigenvalue weighted by Gasteiger charge is 2.50. The fraction of sp³-hybridized carbons (Fsp3) is 0.643. The molecular formula is C28H44N7O21P3S. The number of aliphatic hydroxyl groups is 2. The maximum absolute atomic E-state index is 12.7. The number of aromatic nitrogens is 4. The average Bonchev–Trinajstić information content (AvgIpc) is 3.69. The molecule has 0 aromatic carbocycles. The first-order chi connectivity index (χ1) is 27.7. The van der Waals surface area contributed by atoms with Crippen LogP contribution in [-0.4, -0.2) is 145 Å². The lowest BCUT2D eigenvalue weighted by Crippen LogP contribution is -2.46. The van der Waals surface area contributed by atoms with E-state index < -0.39 is 120 Å². The highest BCUT2D eigenvalue weighted by Crippen LogP contribution is 2.61. The van der Waals surface area contributed by atoms with E-state index in [-0.39, 0.29) is 48.7 Å². The van der Waals surface area contributed by atoms with Crippen molar-refractivity contribution in [2.24, 2.45) is 11.3 Å². The molecule has 1 aliphatic rings. The number of aliphatic carboxylic acids is 2. The van der Waals surface area contributed by atoms with Gasteiger partial charge in [0.25, 0.3) is 0 Å². The molecule has 338 valence electrons. The van der Waals surface area contributed by atoms with Crippen molar-refractivity contribution in [2.45, 2.75) is 70.2 Å². The minimum Gasteiger partial charge on any atom is -0.481 e. The third-order valence-electron chi connectivity index (χ3n) is 8.21. The number of carbonyl (C=O) groups excluding carboxylic acids is 3. The predicted octanol–water partition coefficient (Wildman–Crippen LogP) is -1.38. The number of hydrogen-bond donors (Lipinski definition) is 11. The van der Waals surface area contributed by atoms with Crippen LogP contribution in [0.15, 0.2) is 12.7 Å². The van der Waals surface area contributed by atoms with E-state index in [1.807, 2.05) is 0 Å². The van der Waals surface area contributed by atoms with Crippen LogP contribution in [0.5, 0.6) is 0 Å². The number of carboxylic acids is 2. The first kappa shape index (κ1) is 50.9. The lowest BCUT2D eigenvalue weighted by Gasteiger charge is -2.30. The SMILES string of the molecule is CC(C)(COP(=O)(O)OP(=O)(O)OC[C@H]1O[C@@H](n2cnc3c(N)ncnc32)[C@H](O)[C@@H]1OP(=O)(O)O)[C@@H](O)C(=O)NCCC(=O)NCCSC(=O)C(CCC(=O)O)CC(=O)O. The molecule has 0 spiro atoms. The fourth-order valence-corrected chi connectivity index (χ4v) is 8.88. The maximum Gasteiger partial charge on any atom is 0.481 e. The number of ether oxygens (including phenoxy) is 1. The van der Waals surface area contributed by atoms with Crippen LogP contribution >= 0.6 is 35.2 Å². The maximum atomic E-state index is 12.7. The van der Waals surface area contributed by atoms with Gasteiger partial charge in [-0.15, -0.1) is 0 Å². The highest BCUT2D eigenvalue weighted by molar-refractivity contribution is 8.13. The molecule has 3 rings (SSSR count). The van der Waals surface area contributed by atoms with Crippen molar-refractivity contribution in [1.82, 2.24) is 30.2 Å². The van der Waals surface area contributed by atoms with Gasteiger partial charge in [-0.2, -0.15) is 4.31 Å². The molecular weight excluding hydrogens is 895 g/mol. The summed E-state index contributed by atoms with van der Waals surface area (Å²) in [6, 6.07) is 0. The number of hydrogen-bond acceptors (Lipinski definition) is 20. The standard InChI is InChI=1S/C28H44N7O21P3S/c1-28(2,22(42)25(43)31-6-5-16(36)30-7-8-60-27(44)14(9-18(39)40)3-4-17(37)38)11-53-59(50,51)56-58(48,49)52-10-15-21(55-57(45,46)47)20(41)26(54-15)35-13-34-19-23(29)32-12-33-24(19)35/h12-15,20-22,26,41-42H,3-11H2,1-2H3,(H,30,36)(H,31,43)(H,37,38)(H,39,40)(H,48,49)(H,50,51)(H2,29,32,33)(H2,45,46,47)/t14?,15-,20-,21-,22+,26-/m1/s1. The van der Waals surface area contributed by atoms with Crippen LogP contribution < -0.4 is 16.4 Å². The van der Waals surface area contributed by atoms with Gasteiger partial charge in [0.05, 0.1) is 26.0 Å². The number of carboxylic acid groups (broad SMARTS) is 2. The van der Waals surface area contributed by atoms with E-state index in [9.17, 15) is 67.5 Å². The quantitative estimate of drug-likeness (QED) is 0.0404. The second-order valence-corrected chi connectivity index (χ2v) is 18.8. The molecule has 1 fully saturated rings. The number of thioether (sulfide) groups is 1. The number of carbonyl (C=O) groups is 5. The molecule has 0 saturated carbocycles. The van der Waals surface area contributed by atoms with Gasteiger partial charge in [-0.05, 0) is 6.42 Å². The van der Waals surface area contributed by atoms with Crippen molar-refractivity contribution in [3.63, 3.8) is 0 Å². The summed E-state index contributed by atoms with van der Waals surface area (Å²) in [5.41, 5.74) is 4.14. The molecule has 32 heteroatoms. The van der Waals surface area contributed by atoms with Crippen LogP contribution in [0.3, 0.4) is 0 Å². The number of phosphoric acid groups is 3. The van der Waals surface area contributed by atoms with Gasteiger partial charge in [0.2, 0.25) is 11.8 Å². The van der Waals surface area contributed by atoms with Crippen LogP contribution in [0, 0.1) is 11.3 Å². The number of nitrogens with zero attached hydrogens (tertiary/aromatic N) is 4. The van der Waals surface area contributed by atoms with Gasteiger partial charge in [-0.3, -0.25) is 42.1 Å². The van der Waals surface area contributed by atoms with Gasteiger partial charge in [-0.25, -0.2) is 28.6 Å². The number of nitrogen functional groups attached to an aromatic ring is 1. The summed E-state index contributed by atoms with van der Waals surface area (Å²) in [6.45, 7) is -0.0558. The lowest BCUT2D eigenvalue weighted by molar-refractivity contribution is -0.141. The number of imidazole rings is 1. The van der Waals surface area contributed by atoms with E-state index in [1.54, 1.807) is 0 Å². The number of fused-ring (bicyclic) bond motifs is 1. The Kier molecular flexibility index (Phi) is 18.2. The van der Waals surface area contributed by atoms with E-state index in [2.05, 4.69) is 34.4 Å². The Morgan fingerprint density at radius 3 is 2.28 bits per heavy atom. The minimum absolute atomic E-state index is 0.00895. The van der Waals surface area contributed by atoms with Crippen molar-refractivity contribution in [1.29, 1.82) is 0 Å². The first-order valence-electron chi connectivity index (χ1n) is 17.2. The van der Waals surface area contributed by atoms with Crippen LogP contribution in [-0.2, 0) is 60.3 Å². The van der Waals surface area contributed by atoms with E-state index in [1.165, 1.54) is 13.8 Å². The number of phosphoric ester groups is 3. The Hall–Kier alpha value is -3.50. The van der Waals surface area contributed by atoms with Crippen molar-refractivity contribution < 1.29 is 100 Å². The van der Waals surface area contributed by atoms with Crippen molar-refractivity contribution in [3.05, 3.63) is 12.7 Å². The molecule has 2 aromatic rings. The topological polar surface area (TPSA) is 438 Å². The third-order valence-corrected chi connectivity index (χ3v) is 12.3. The Labute approximate surface area is 343 Å². The third kappa shape index (κ3) is 15.8. The number of nitrogens with one attached hydrogen (secondary N) is 2. The molecule has 28 nitrogen and oxygen atoms in total. The van der Waals surface area contributed by atoms with Crippen LogP contribution in [0.2, 0.25) is 0 Å². The summed E-state index contributed by atoms with van der Waals surface area (Å²) in [6.07, 6.45) is -8.40. The number of anilines is 1. The molecule has 2 aromatic heterocycles. The van der Waals surface area contributed by atoms with Crippen molar-refractivity contribution >= 4 is 81.1 Å². The summed E-state index contributed by atoms with van der Waals surface area (Å²) in [5, 5.41) is 43.4. The Bertz CT molecular complexity index is 2020. The molecule has 1 saturated heterocycles. The lowest BCUT2D eigenvalue weighted by atomic mass is 9.87. The molecule has 8 atom stereocenters. The van der Waals surface area contributed by atoms with Crippen LogP contribution in [0.25, 0.3) is 11.2 Å². The largest absolute Gasteiger partial charge is 0.481 e. The van der Waals surface area contributed by atoms with E-state index in [0.29, 0.717) is 11.8 Å². The number of nitrogens with two attached hydrogens (primary N) is 1. The summed E-state index contributed by atoms with van der Waals surface area (Å²) < 4.78 is 62.0. The monoisotopic (exact) mass is 939 g/mol. The molecule has 3 unspecified atom stereocenters. The molecule has 12 N–H and O–H groups in total. The van der Waals surface area contributed by atoms with Gasteiger partial charge in [0.1, 0.15) is 36.3 Å². The average molecular weight is 940 g/mol. The molecule has 2 amide bonds. The predicted molar refractivity (Wildman–Crippen MR) is 200 cm³/mol. The van der Waals surface area contributed by atoms with E-state index in [0.717, 1.165) is 17.2 Å². The van der Waals surface area contributed by atoms with Gasteiger partial charge >= 0.3 is 35.4 Å². The summed E-state index contributed by atoms with van der Waals surface area (Å²) in [7, 11) is -16.5. The normalized spacial score (nSPS) is 21.4. The molecule has 0 bridgehead atoms. The molecule has 3 heterocycles. The van der Waals surface area contributed by atoms with Gasteiger partial charge in [0.15, 0.2) is 22.8 Å². The highest BCUT2D eigenvalue weighted by atomic mass is 32.2. The van der Waals surface area contributed by atoms with E-state index in [4.69, 9.17) is 29.7 Å². The Morgan fingerprint density at radius 2 is 1.65 bits per heavy atom. The summed E-state index contributed by atoms with van der Waals surface area (Å²) in [4.78, 5) is 110. The zero-order chi connectivity index (χ0) is 45.2. The summed E-state index contributed by atoms with van der Waals surface area (Å²) >= 11 is 0.716. The second-order valence-electron chi connectivity index (χ2n) is 13.5. The zero-order valence-corrected chi connectivity index (χ0v) is 35.0. The number of aliphatic hydroxyl groups excluding tert-OH is 2. The zero-order valence-electron chi connectivity index (χ0n) is 31.5. The Balaban J connectivity index is 1.47. The Morgan fingerprint density at radius 1 is 0.983 bits per heavy atom. The smallest absolute Gasteiger partial charge is 0.481 e. The van der Waals surface area contributed by atoms with Crippen molar-refractivity contribution in [2.75, 3.05) is 37.8 Å². The minimum atomic E-state index is -5.61. The summed E-state index contributed by atoms with van der Waals surface area (Å²) in [5.74, 6) is -5.17. The molecule has 0 aliphatic carbocycles. The number of amides is 2. The molecule has 1 aliphatic heterocycles.